The van der Waals surface area contributed by atoms with Gasteiger partial charge in [-0.25, -0.2) is 0 Å². The third kappa shape index (κ3) is 1.99. The SMILES string of the molecule is CCc1ccc(C(C)N)cc1Cl. The maximum atomic E-state index is 6.02. The molecule has 2 N–H and O–H groups in total. The summed E-state index contributed by atoms with van der Waals surface area (Å²) in [6.07, 6.45) is 0.970. The average Bonchev–Trinajstić information content (AvgIpc) is 2.04. The van der Waals surface area contributed by atoms with Crippen molar-refractivity contribution in [1.29, 1.82) is 0 Å². The zero-order valence-corrected chi connectivity index (χ0v) is 8.23. The highest BCUT2D eigenvalue weighted by Crippen LogP contribution is 2.20. The average molecular weight is 184 g/mol. The van der Waals surface area contributed by atoms with Crippen LogP contribution in [0.15, 0.2) is 18.2 Å². The molecule has 0 aliphatic rings. The van der Waals surface area contributed by atoms with E-state index in [-0.39, 0.29) is 6.04 Å². The van der Waals surface area contributed by atoms with Crippen molar-refractivity contribution in [2.45, 2.75) is 26.3 Å². The van der Waals surface area contributed by atoms with Gasteiger partial charge >= 0.3 is 0 Å². The molecule has 0 saturated heterocycles. The van der Waals surface area contributed by atoms with Crippen molar-refractivity contribution >= 4 is 11.6 Å². The lowest BCUT2D eigenvalue weighted by Crippen LogP contribution is -2.04. The van der Waals surface area contributed by atoms with Gasteiger partial charge in [0.1, 0.15) is 0 Å². The normalized spacial score (nSPS) is 13.0. The fourth-order valence-corrected chi connectivity index (χ4v) is 1.46. The minimum Gasteiger partial charge on any atom is -0.324 e. The van der Waals surface area contributed by atoms with E-state index in [2.05, 4.69) is 6.92 Å². The molecular formula is C10H14ClN. The van der Waals surface area contributed by atoms with E-state index in [1.165, 1.54) is 5.56 Å². The molecule has 0 aromatic heterocycles. The van der Waals surface area contributed by atoms with Crippen LogP contribution in [0.2, 0.25) is 5.02 Å². The number of hydrogen-bond acceptors (Lipinski definition) is 1. The molecule has 0 heterocycles. The Kier molecular flexibility index (Phi) is 3.12. The number of rotatable bonds is 2. The van der Waals surface area contributed by atoms with Crippen molar-refractivity contribution in [3.05, 3.63) is 34.3 Å². The van der Waals surface area contributed by atoms with Crippen molar-refractivity contribution in [2.75, 3.05) is 0 Å². The molecule has 0 fully saturated rings. The van der Waals surface area contributed by atoms with Crippen molar-refractivity contribution in [2.24, 2.45) is 5.73 Å². The van der Waals surface area contributed by atoms with Gasteiger partial charge in [0.2, 0.25) is 0 Å². The molecule has 2 heteroatoms. The van der Waals surface area contributed by atoms with Crippen molar-refractivity contribution in [3.8, 4) is 0 Å². The molecule has 1 unspecified atom stereocenters. The highest BCUT2D eigenvalue weighted by atomic mass is 35.5. The van der Waals surface area contributed by atoms with E-state index in [0.29, 0.717) is 0 Å². The molecule has 1 aromatic carbocycles. The molecule has 1 rings (SSSR count). The second kappa shape index (κ2) is 3.92. The lowest BCUT2D eigenvalue weighted by molar-refractivity contribution is 0.817. The largest absolute Gasteiger partial charge is 0.324 e. The summed E-state index contributed by atoms with van der Waals surface area (Å²) < 4.78 is 0. The van der Waals surface area contributed by atoms with Crippen molar-refractivity contribution in [1.82, 2.24) is 0 Å². The maximum Gasteiger partial charge on any atom is 0.0441 e. The quantitative estimate of drug-likeness (QED) is 0.750. The number of aryl methyl sites for hydroxylation is 1. The molecule has 0 amide bonds. The lowest BCUT2D eigenvalue weighted by Gasteiger charge is -2.07. The Labute approximate surface area is 78.5 Å². The van der Waals surface area contributed by atoms with Crippen LogP contribution in [-0.4, -0.2) is 0 Å². The predicted molar refractivity (Wildman–Crippen MR) is 53.4 cm³/mol. The van der Waals surface area contributed by atoms with Crippen molar-refractivity contribution in [3.63, 3.8) is 0 Å². The Hall–Kier alpha value is -0.530. The molecule has 1 atom stereocenters. The summed E-state index contributed by atoms with van der Waals surface area (Å²) >= 11 is 6.02. The molecule has 1 aromatic rings. The minimum absolute atomic E-state index is 0.0633. The summed E-state index contributed by atoms with van der Waals surface area (Å²) in [5, 5.41) is 0.826. The summed E-state index contributed by atoms with van der Waals surface area (Å²) in [5.74, 6) is 0. The molecule has 0 aliphatic carbocycles. The second-order valence-corrected chi connectivity index (χ2v) is 3.40. The first-order valence-corrected chi connectivity index (χ1v) is 4.56. The van der Waals surface area contributed by atoms with Gasteiger partial charge in [-0.3, -0.25) is 0 Å². The standard InChI is InChI=1S/C10H14ClN/c1-3-8-4-5-9(7(2)12)6-10(8)11/h4-7H,3,12H2,1-2H3. The van der Waals surface area contributed by atoms with Crippen LogP contribution in [0.3, 0.4) is 0 Å². The minimum atomic E-state index is 0.0633. The highest BCUT2D eigenvalue weighted by Gasteiger charge is 2.02. The van der Waals surface area contributed by atoms with Crippen LogP contribution in [-0.2, 0) is 6.42 Å². The zero-order valence-electron chi connectivity index (χ0n) is 7.47. The molecular weight excluding hydrogens is 170 g/mol. The molecule has 0 aliphatic heterocycles. The third-order valence-electron chi connectivity index (χ3n) is 1.98. The Balaban J connectivity index is 3.02. The van der Waals surface area contributed by atoms with E-state index in [9.17, 15) is 0 Å². The fraction of sp³-hybridized carbons (Fsp3) is 0.400. The predicted octanol–water partition coefficient (Wildman–Crippen LogP) is 2.92. The molecule has 0 saturated carbocycles. The number of halogens is 1. The molecule has 1 nitrogen and oxygen atoms in total. The Morgan fingerprint density at radius 2 is 2.17 bits per heavy atom. The van der Waals surface area contributed by atoms with Gasteiger partial charge in [0, 0.05) is 11.1 Å². The number of benzene rings is 1. The van der Waals surface area contributed by atoms with E-state index in [1.54, 1.807) is 0 Å². The fourth-order valence-electron chi connectivity index (χ4n) is 1.13. The summed E-state index contributed by atoms with van der Waals surface area (Å²) in [4.78, 5) is 0. The van der Waals surface area contributed by atoms with Crippen LogP contribution in [0.5, 0.6) is 0 Å². The van der Waals surface area contributed by atoms with Crippen LogP contribution < -0.4 is 5.73 Å². The first kappa shape index (κ1) is 9.56. The monoisotopic (exact) mass is 183 g/mol. The van der Waals surface area contributed by atoms with E-state index in [1.807, 2.05) is 25.1 Å². The molecule has 0 radical (unpaired) electrons. The van der Waals surface area contributed by atoms with Crippen LogP contribution in [0.1, 0.15) is 31.0 Å². The van der Waals surface area contributed by atoms with Gasteiger partial charge in [-0.1, -0.05) is 30.7 Å². The van der Waals surface area contributed by atoms with E-state index >= 15 is 0 Å². The third-order valence-corrected chi connectivity index (χ3v) is 2.34. The number of nitrogens with two attached hydrogens (primary N) is 1. The van der Waals surface area contributed by atoms with Gasteiger partial charge in [-0.2, -0.15) is 0 Å². The van der Waals surface area contributed by atoms with Gasteiger partial charge in [0.25, 0.3) is 0 Å². The summed E-state index contributed by atoms with van der Waals surface area (Å²) in [6.45, 7) is 4.05. The van der Waals surface area contributed by atoms with Crippen molar-refractivity contribution < 1.29 is 0 Å². The molecule has 12 heavy (non-hydrogen) atoms. The first-order chi connectivity index (χ1) is 5.65. The molecule has 0 bridgehead atoms. The Morgan fingerprint density at radius 3 is 2.58 bits per heavy atom. The van der Waals surface area contributed by atoms with Gasteiger partial charge in [-0.15, -0.1) is 0 Å². The maximum absolute atomic E-state index is 6.02. The van der Waals surface area contributed by atoms with Gasteiger partial charge in [-0.05, 0) is 30.5 Å². The molecule has 66 valence electrons. The summed E-state index contributed by atoms with van der Waals surface area (Å²) in [6, 6.07) is 6.09. The summed E-state index contributed by atoms with van der Waals surface area (Å²) in [5.41, 5.74) is 7.99. The van der Waals surface area contributed by atoms with Gasteiger partial charge in [0.15, 0.2) is 0 Å². The summed E-state index contributed by atoms with van der Waals surface area (Å²) in [7, 11) is 0. The smallest absolute Gasteiger partial charge is 0.0441 e. The van der Waals surface area contributed by atoms with E-state index in [0.717, 1.165) is 17.0 Å². The van der Waals surface area contributed by atoms with Crippen LogP contribution >= 0.6 is 11.6 Å². The molecule has 0 spiro atoms. The topological polar surface area (TPSA) is 26.0 Å². The zero-order chi connectivity index (χ0) is 9.14. The van der Waals surface area contributed by atoms with Gasteiger partial charge in [0.05, 0.1) is 0 Å². The Morgan fingerprint density at radius 1 is 1.50 bits per heavy atom. The van der Waals surface area contributed by atoms with E-state index in [4.69, 9.17) is 17.3 Å². The lowest BCUT2D eigenvalue weighted by atomic mass is 10.1. The highest BCUT2D eigenvalue weighted by molar-refractivity contribution is 6.31. The Bertz CT molecular complexity index is 269. The van der Waals surface area contributed by atoms with Crippen LogP contribution in [0, 0.1) is 0 Å². The first-order valence-electron chi connectivity index (χ1n) is 4.19. The number of hydrogen-bond donors (Lipinski definition) is 1. The van der Waals surface area contributed by atoms with E-state index < -0.39 is 0 Å². The second-order valence-electron chi connectivity index (χ2n) is 2.99. The van der Waals surface area contributed by atoms with Crippen LogP contribution in [0.25, 0.3) is 0 Å². The van der Waals surface area contributed by atoms with Crippen LogP contribution in [0.4, 0.5) is 0 Å². The van der Waals surface area contributed by atoms with Gasteiger partial charge < -0.3 is 5.73 Å².